The third-order valence-corrected chi connectivity index (χ3v) is 4.44. The minimum Gasteiger partial charge on any atom is -0.506 e. The lowest BCUT2D eigenvalue weighted by molar-refractivity contribution is 0.427. The Balaban J connectivity index is 2.01. The first-order valence-corrected chi connectivity index (χ1v) is 7.19. The Morgan fingerprint density at radius 1 is 1.32 bits per heavy atom. The van der Waals surface area contributed by atoms with E-state index in [2.05, 4.69) is 26.1 Å². The normalized spacial score (nSPS) is 10.8. The Morgan fingerprint density at radius 3 is 2.84 bits per heavy atom. The van der Waals surface area contributed by atoms with Crippen LogP contribution < -0.4 is 0 Å². The molecular weight excluding hydrogens is 328 g/mol. The molecule has 96 valence electrons. The average Bonchev–Trinajstić information content (AvgIpc) is 3.01. The van der Waals surface area contributed by atoms with Gasteiger partial charge in [-0.1, -0.05) is 33.2 Å². The summed E-state index contributed by atoms with van der Waals surface area (Å²) in [5.74, 6) is 0.994. The van der Waals surface area contributed by atoms with Gasteiger partial charge in [0.1, 0.15) is 10.6 Å². The molecule has 0 unspecified atom stereocenters. The monoisotopic (exact) mass is 336 g/mol. The minimum atomic E-state index is 0.158. The highest BCUT2D eigenvalue weighted by molar-refractivity contribution is 9.10. The molecule has 6 heteroatoms. The van der Waals surface area contributed by atoms with Crippen LogP contribution in [-0.2, 0) is 0 Å². The topological polar surface area (TPSA) is 59.2 Å². The molecule has 0 bridgehead atoms. The second kappa shape index (κ2) is 4.79. The lowest BCUT2D eigenvalue weighted by Gasteiger charge is -1.99. The van der Waals surface area contributed by atoms with Gasteiger partial charge in [-0.25, -0.2) is 0 Å². The molecule has 0 saturated heterocycles. The smallest absolute Gasteiger partial charge is 0.272 e. The van der Waals surface area contributed by atoms with Gasteiger partial charge in [-0.3, -0.25) is 0 Å². The standard InChI is InChI=1S/C13H9BrN2O2S/c1-7-2-3-8(6-9(7)14)12-15-13(18-16-12)11-10(17)4-5-19-11/h2-6,17H,1H3. The van der Waals surface area contributed by atoms with Gasteiger partial charge in [-0.2, -0.15) is 4.98 Å². The Kier molecular flexibility index (Phi) is 3.12. The number of halogens is 1. The Morgan fingerprint density at radius 2 is 2.16 bits per heavy atom. The number of rotatable bonds is 2. The summed E-state index contributed by atoms with van der Waals surface area (Å²) in [5.41, 5.74) is 2.01. The van der Waals surface area contributed by atoms with Crippen LogP contribution in [0.4, 0.5) is 0 Å². The maximum Gasteiger partial charge on any atom is 0.272 e. The van der Waals surface area contributed by atoms with Crippen molar-refractivity contribution in [1.82, 2.24) is 10.1 Å². The molecule has 19 heavy (non-hydrogen) atoms. The van der Waals surface area contributed by atoms with Gasteiger partial charge in [0.25, 0.3) is 5.89 Å². The molecule has 0 atom stereocenters. The molecule has 0 aliphatic heterocycles. The van der Waals surface area contributed by atoms with Gasteiger partial charge in [0.2, 0.25) is 5.82 Å². The number of benzene rings is 1. The summed E-state index contributed by atoms with van der Waals surface area (Å²) in [6.07, 6.45) is 0. The van der Waals surface area contributed by atoms with E-state index in [4.69, 9.17) is 4.52 Å². The second-order valence-corrected chi connectivity index (χ2v) is 5.79. The molecule has 1 N–H and O–H groups in total. The number of aromatic hydroxyl groups is 1. The highest BCUT2D eigenvalue weighted by Gasteiger charge is 2.15. The van der Waals surface area contributed by atoms with Crippen molar-refractivity contribution in [2.75, 3.05) is 0 Å². The van der Waals surface area contributed by atoms with E-state index in [0.717, 1.165) is 15.6 Å². The number of hydrogen-bond donors (Lipinski definition) is 1. The van der Waals surface area contributed by atoms with Gasteiger partial charge < -0.3 is 9.63 Å². The number of aromatic nitrogens is 2. The molecule has 0 amide bonds. The van der Waals surface area contributed by atoms with E-state index in [9.17, 15) is 5.11 Å². The van der Waals surface area contributed by atoms with Gasteiger partial charge in [-0.05, 0) is 30.0 Å². The van der Waals surface area contributed by atoms with Crippen molar-refractivity contribution in [1.29, 1.82) is 0 Å². The lowest BCUT2D eigenvalue weighted by atomic mass is 10.1. The zero-order valence-corrected chi connectivity index (χ0v) is 12.3. The van der Waals surface area contributed by atoms with E-state index in [1.54, 1.807) is 11.4 Å². The first kappa shape index (κ1) is 12.4. The lowest BCUT2D eigenvalue weighted by Crippen LogP contribution is -1.83. The van der Waals surface area contributed by atoms with Crippen LogP contribution in [0.5, 0.6) is 5.75 Å². The molecular formula is C13H9BrN2O2S. The highest BCUT2D eigenvalue weighted by Crippen LogP contribution is 2.34. The van der Waals surface area contributed by atoms with Crippen molar-refractivity contribution in [3.05, 3.63) is 39.7 Å². The molecule has 0 aliphatic rings. The van der Waals surface area contributed by atoms with Gasteiger partial charge in [0.15, 0.2) is 0 Å². The Hall–Kier alpha value is -1.66. The number of hydrogen-bond acceptors (Lipinski definition) is 5. The molecule has 0 radical (unpaired) electrons. The van der Waals surface area contributed by atoms with Crippen LogP contribution in [0.15, 0.2) is 38.6 Å². The van der Waals surface area contributed by atoms with Gasteiger partial charge in [-0.15, -0.1) is 11.3 Å². The van der Waals surface area contributed by atoms with Crippen LogP contribution in [0.25, 0.3) is 22.2 Å². The van der Waals surface area contributed by atoms with E-state index in [-0.39, 0.29) is 5.75 Å². The van der Waals surface area contributed by atoms with E-state index in [0.29, 0.717) is 16.6 Å². The van der Waals surface area contributed by atoms with Crippen LogP contribution in [0.3, 0.4) is 0 Å². The summed E-state index contributed by atoms with van der Waals surface area (Å²) in [6.45, 7) is 2.01. The average molecular weight is 337 g/mol. The Labute approximate surface area is 121 Å². The predicted octanol–water partition coefficient (Wildman–Crippen LogP) is 4.24. The molecule has 1 aromatic carbocycles. The van der Waals surface area contributed by atoms with Crippen molar-refractivity contribution in [3.8, 4) is 27.9 Å². The van der Waals surface area contributed by atoms with Gasteiger partial charge >= 0.3 is 0 Å². The summed E-state index contributed by atoms with van der Waals surface area (Å²) in [4.78, 5) is 4.89. The molecule has 3 rings (SSSR count). The molecule has 0 aliphatic carbocycles. The van der Waals surface area contributed by atoms with Crippen LogP contribution in [0.1, 0.15) is 5.56 Å². The summed E-state index contributed by atoms with van der Waals surface area (Å²) < 4.78 is 6.18. The van der Waals surface area contributed by atoms with Crippen molar-refractivity contribution < 1.29 is 9.63 Å². The summed E-state index contributed by atoms with van der Waals surface area (Å²) >= 11 is 4.84. The number of aryl methyl sites for hydroxylation is 1. The number of nitrogens with zero attached hydrogens (tertiary/aromatic N) is 2. The van der Waals surface area contributed by atoms with E-state index >= 15 is 0 Å². The van der Waals surface area contributed by atoms with E-state index in [1.807, 2.05) is 25.1 Å². The second-order valence-electron chi connectivity index (χ2n) is 4.02. The van der Waals surface area contributed by atoms with E-state index < -0.39 is 0 Å². The summed E-state index contributed by atoms with van der Waals surface area (Å²) in [7, 11) is 0. The highest BCUT2D eigenvalue weighted by atomic mass is 79.9. The van der Waals surface area contributed by atoms with Crippen molar-refractivity contribution in [2.45, 2.75) is 6.92 Å². The molecule has 0 fully saturated rings. The fourth-order valence-corrected chi connectivity index (χ4v) is 2.71. The van der Waals surface area contributed by atoms with Gasteiger partial charge in [0, 0.05) is 10.0 Å². The zero-order valence-electron chi connectivity index (χ0n) is 9.92. The third kappa shape index (κ3) is 2.29. The molecule has 3 aromatic rings. The minimum absolute atomic E-state index is 0.158. The molecule has 4 nitrogen and oxygen atoms in total. The van der Waals surface area contributed by atoms with Gasteiger partial charge in [0.05, 0.1) is 0 Å². The van der Waals surface area contributed by atoms with Crippen LogP contribution in [0, 0.1) is 6.92 Å². The number of thiophene rings is 1. The molecule has 2 aromatic heterocycles. The maximum absolute atomic E-state index is 9.64. The first-order chi connectivity index (χ1) is 9.15. The zero-order chi connectivity index (χ0) is 13.4. The van der Waals surface area contributed by atoms with Crippen LogP contribution in [0.2, 0.25) is 0 Å². The fourth-order valence-electron chi connectivity index (χ4n) is 1.63. The largest absolute Gasteiger partial charge is 0.506 e. The van der Waals surface area contributed by atoms with Crippen LogP contribution in [-0.4, -0.2) is 15.2 Å². The quantitative estimate of drug-likeness (QED) is 0.760. The SMILES string of the molecule is Cc1ccc(-c2noc(-c3sccc3O)n2)cc1Br. The third-order valence-electron chi connectivity index (χ3n) is 2.69. The van der Waals surface area contributed by atoms with Crippen molar-refractivity contribution >= 4 is 27.3 Å². The maximum atomic E-state index is 9.64. The first-order valence-electron chi connectivity index (χ1n) is 5.52. The fraction of sp³-hybridized carbons (Fsp3) is 0.0769. The van der Waals surface area contributed by atoms with Crippen molar-refractivity contribution in [2.24, 2.45) is 0 Å². The van der Waals surface area contributed by atoms with E-state index in [1.165, 1.54) is 11.3 Å². The predicted molar refractivity (Wildman–Crippen MR) is 77.1 cm³/mol. The van der Waals surface area contributed by atoms with Crippen molar-refractivity contribution in [3.63, 3.8) is 0 Å². The summed E-state index contributed by atoms with van der Waals surface area (Å²) in [5, 5.41) is 15.4. The molecule has 2 heterocycles. The summed E-state index contributed by atoms with van der Waals surface area (Å²) in [6, 6.07) is 7.46. The Bertz CT molecular complexity index is 736. The van der Waals surface area contributed by atoms with Crippen LogP contribution >= 0.6 is 27.3 Å². The molecule has 0 saturated carbocycles. The molecule has 0 spiro atoms.